The normalized spacial score (nSPS) is 15.7. The van der Waals surface area contributed by atoms with Crippen LogP contribution < -0.4 is 5.56 Å². The molecule has 6 nitrogen and oxygen atoms in total. The molecule has 0 bridgehead atoms. The van der Waals surface area contributed by atoms with Gasteiger partial charge in [-0.2, -0.15) is 0 Å². The highest BCUT2D eigenvalue weighted by Gasteiger charge is 2.25. The number of H-pyrrole nitrogens is 1. The van der Waals surface area contributed by atoms with E-state index in [9.17, 15) is 9.90 Å². The summed E-state index contributed by atoms with van der Waals surface area (Å²) in [5.74, 6) is 3.02. The Bertz CT molecular complexity index is 1180. The van der Waals surface area contributed by atoms with Crippen LogP contribution in [0.2, 0.25) is 5.02 Å². The van der Waals surface area contributed by atoms with Crippen molar-refractivity contribution in [2.24, 2.45) is 0 Å². The summed E-state index contributed by atoms with van der Waals surface area (Å²) in [7, 11) is 0. The zero-order valence-corrected chi connectivity index (χ0v) is 20.0. The second kappa shape index (κ2) is 11.3. The van der Waals surface area contributed by atoms with Crippen LogP contribution >= 0.6 is 22.9 Å². The van der Waals surface area contributed by atoms with Crippen LogP contribution in [0.5, 0.6) is 0 Å². The van der Waals surface area contributed by atoms with Crippen molar-refractivity contribution in [1.29, 1.82) is 0 Å². The summed E-state index contributed by atoms with van der Waals surface area (Å²) in [4.78, 5) is 23.7. The lowest BCUT2D eigenvalue weighted by Gasteiger charge is -2.35. The second-order valence-electron chi connectivity index (χ2n) is 8.45. The molecule has 3 aromatic rings. The Morgan fingerprint density at radius 3 is 2.94 bits per heavy atom. The number of thiophene rings is 1. The molecule has 4 rings (SSSR count). The number of benzene rings is 1. The van der Waals surface area contributed by atoms with E-state index in [1.54, 1.807) is 0 Å². The number of terminal acetylenes is 1. The molecule has 1 unspecified atom stereocenters. The summed E-state index contributed by atoms with van der Waals surface area (Å²) in [6, 6.07) is 7.82. The average Bonchev–Trinajstić information content (AvgIpc) is 3.24. The largest absolute Gasteiger partial charge is 0.389 e. The number of hydrogen-bond acceptors (Lipinski definition) is 6. The maximum atomic E-state index is 13.1. The van der Waals surface area contributed by atoms with Crippen LogP contribution in [-0.2, 0) is 11.3 Å². The van der Waals surface area contributed by atoms with Gasteiger partial charge < -0.3 is 14.8 Å². The van der Waals surface area contributed by atoms with Crippen molar-refractivity contribution in [2.75, 3.05) is 19.8 Å². The number of nitrogens with zero attached hydrogens (tertiary/aromatic N) is 2. The van der Waals surface area contributed by atoms with E-state index >= 15 is 0 Å². The standard InChI is InChI=1S/C25H28ClN3O3S/c1-2-11-32-15-20(30)13-29(19-9-4-3-5-10-19)14-22-27-24(31)23-21(16-33-25(23)28-22)17-7-6-8-18(26)12-17/h1,6-8,12,16,19-20,30H,3-5,9-11,13-15H2,(H,27,28,31). The number of halogens is 1. The first-order valence-corrected chi connectivity index (χ1v) is 12.5. The van der Waals surface area contributed by atoms with Gasteiger partial charge in [-0.1, -0.05) is 48.9 Å². The Labute approximate surface area is 202 Å². The number of fused-ring (bicyclic) bond motifs is 1. The van der Waals surface area contributed by atoms with Gasteiger partial charge in [-0.05, 0) is 30.5 Å². The van der Waals surface area contributed by atoms with Gasteiger partial charge in [0.1, 0.15) is 17.3 Å². The Hall–Kier alpha value is -2.21. The Kier molecular flexibility index (Phi) is 8.18. The van der Waals surface area contributed by atoms with Crippen LogP contribution in [0.25, 0.3) is 21.3 Å². The van der Waals surface area contributed by atoms with Crippen LogP contribution in [0.15, 0.2) is 34.4 Å². The van der Waals surface area contributed by atoms with Crippen LogP contribution in [0.3, 0.4) is 0 Å². The summed E-state index contributed by atoms with van der Waals surface area (Å²) in [6.45, 7) is 1.27. The first-order valence-electron chi connectivity index (χ1n) is 11.2. The van der Waals surface area contributed by atoms with Gasteiger partial charge >= 0.3 is 0 Å². The van der Waals surface area contributed by atoms with Crippen molar-refractivity contribution in [3.8, 4) is 23.5 Å². The minimum atomic E-state index is -0.660. The Morgan fingerprint density at radius 2 is 2.18 bits per heavy atom. The molecular formula is C25H28ClN3O3S. The lowest BCUT2D eigenvalue weighted by Crippen LogP contribution is -2.43. The van der Waals surface area contributed by atoms with Gasteiger partial charge in [0.25, 0.3) is 5.56 Å². The molecule has 1 aromatic carbocycles. The minimum absolute atomic E-state index is 0.160. The van der Waals surface area contributed by atoms with Gasteiger partial charge in [0.15, 0.2) is 0 Å². The van der Waals surface area contributed by atoms with Crippen LogP contribution in [0.4, 0.5) is 0 Å². The molecule has 1 saturated carbocycles. The fraction of sp³-hybridized carbons (Fsp3) is 0.440. The highest BCUT2D eigenvalue weighted by atomic mass is 35.5. The van der Waals surface area contributed by atoms with E-state index in [0.29, 0.717) is 40.2 Å². The third-order valence-corrected chi connectivity index (χ3v) is 7.12. The molecule has 1 aliphatic carbocycles. The van der Waals surface area contributed by atoms with E-state index in [-0.39, 0.29) is 18.8 Å². The van der Waals surface area contributed by atoms with Gasteiger partial charge in [-0.15, -0.1) is 17.8 Å². The molecule has 0 amide bonds. The fourth-order valence-electron chi connectivity index (χ4n) is 4.50. The van der Waals surface area contributed by atoms with E-state index in [4.69, 9.17) is 27.7 Å². The van der Waals surface area contributed by atoms with Crippen molar-refractivity contribution in [3.05, 3.63) is 50.8 Å². The molecule has 0 radical (unpaired) electrons. The molecule has 8 heteroatoms. The van der Waals surface area contributed by atoms with Crippen molar-refractivity contribution in [2.45, 2.75) is 50.8 Å². The summed E-state index contributed by atoms with van der Waals surface area (Å²) in [5.41, 5.74) is 1.57. The number of ether oxygens (including phenoxy) is 1. The van der Waals surface area contributed by atoms with E-state index < -0.39 is 6.10 Å². The van der Waals surface area contributed by atoms with Crippen LogP contribution in [0, 0.1) is 12.3 Å². The maximum absolute atomic E-state index is 13.1. The van der Waals surface area contributed by atoms with E-state index in [1.807, 2.05) is 29.6 Å². The first kappa shape index (κ1) is 23.9. The summed E-state index contributed by atoms with van der Waals surface area (Å²) in [5, 5.41) is 13.7. The predicted octanol–water partition coefficient (Wildman–Crippen LogP) is 4.45. The number of nitrogens with one attached hydrogen (secondary N) is 1. The third-order valence-electron chi connectivity index (χ3n) is 6.01. The number of aliphatic hydroxyl groups is 1. The summed E-state index contributed by atoms with van der Waals surface area (Å²) < 4.78 is 5.32. The number of aromatic nitrogens is 2. The SMILES string of the molecule is C#CCOCC(O)CN(Cc1nc2scc(-c3cccc(Cl)c3)c2c(=O)[nH]1)C1CCCCC1. The number of rotatable bonds is 9. The predicted molar refractivity (Wildman–Crippen MR) is 134 cm³/mol. The topological polar surface area (TPSA) is 78.5 Å². The number of aliphatic hydroxyl groups excluding tert-OH is 1. The van der Waals surface area contributed by atoms with Gasteiger partial charge in [-0.3, -0.25) is 9.69 Å². The van der Waals surface area contributed by atoms with Crippen molar-refractivity contribution in [3.63, 3.8) is 0 Å². The monoisotopic (exact) mass is 485 g/mol. The zero-order valence-electron chi connectivity index (χ0n) is 18.4. The van der Waals surface area contributed by atoms with Gasteiger partial charge in [0, 0.05) is 28.6 Å². The molecule has 1 atom stereocenters. The number of hydrogen-bond donors (Lipinski definition) is 2. The molecule has 33 heavy (non-hydrogen) atoms. The summed E-state index contributed by atoms with van der Waals surface area (Å²) in [6.07, 6.45) is 10.3. The first-order chi connectivity index (χ1) is 16.0. The molecule has 174 valence electrons. The van der Waals surface area contributed by atoms with E-state index in [1.165, 1.54) is 30.6 Å². The minimum Gasteiger partial charge on any atom is -0.389 e. The molecule has 0 spiro atoms. The smallest absolute Gasteiger partial charge is 0.260 e. The molecule has 2 N–H and O–H groups in total. The third kappa shape index (κ3) is 6.03. The summed E-state index contributed by atoms with van der Waals surface area (Å²) >= 11 is 7.60. The van der Waals surface area contributed by atoms with Gasteiger partial charge in [0.05, 0.1) is 24.6 Å². The van der Waals surface area contributed by atoms with Crippen LogP contribution in [0.1, 0.15) is 37.9 Å². The Morgan fingerprint density at radius 1 is 1.36 bits per heavy atom. The highest BCUT2D eigenvalue weighted by molar-refractivity contribution is 7.17. The molecule has 2 heterocycles. The van der Waals surface area contributed by atoms with E-state index in [2.05, 4.69) is 15.8 Å². The highest BCUT2D eigenvalue weighted by Crippen LogP contribution is 2.32. The molecule has 2 aromatic heterocycles. The van der Waals surface area contributed by atoms with Crippen molar-refractivity contribution >= 4 is 33.2 Å². The van der Waals surface area contributed by atoms with Gasteiger partial charge in [-0.25, -0.2) is 4.98 Å². The maximum Gasteiger partial charge on any atom is 0.260 e. The zero-order chi connectivity index (χ0) is 23.2. The Balaban J connectivity index is 1.58. The number of aromatic amines is 1. The molecular weight excluding hydrogens is 458 g/mol. The molecule has 1 fully saturated rings. The quantitative estimate of drug-likeness (QED) is 0.346. The lowest BCUT2D eigenvalue weighted by molar-refractivity contribution is 0.00995. The molecule has 1 aliphatic rings. The lowest BCUT2D eigenvalue weighted by atomic mass is 9.94. The molecule has 0 aliphatic heterocycles. The molecule has 0 saturated heterocycles. The van der Waals surface area contributed by atoms with Gasteiger partial charge in [0.2, 0.25) is 0 Å². The average molecular weight is 486 g/mol. The van der Waals surface area contributed by atoms with Crippen molar-refractivity contribution < 1.29 is 9.84 Å². The fourth-order valence-corrected chi connectivity index (χ4v) is 5.65. The van der Waals surface area contributed by atoms with Crippen LogP contribution in [-0.4, -0.2) is 51.9 Å². The van der Waals surface area contributed by atoms with E-state index in [0.717, 1.165) is 24.0 Å². The van der Waals surface area contributed by atoms with Crippen molar-refractivity contribution in [1.82, 2.24) is 14.9 Å². The second-order valence-corrected chi connectivity index (χ2v) is 9.74.